The maximum Gasteiger partial charge on any atom is 0.273 e. The molecule has 2 N–H and O–H groups in total. The molecule has 3 atom stereocenters. The molecule has 4 rings (SSSR count). The number of rotatable bonds is 5. The Morgan fingerprint density at radius 1 is 1.35 bits per heavy atom. The molecule has 1 aromatic carbocycles. The fourth-order valence-electron chi connectivity index (χ4n) is 3.61. The van der Waals surface area contributed by atoms with E-state index in [2.05, 4.69) is 15.7 Å². The van der Waals surface area contributed by atoms with E-state index >= 15 is 0 Å². The van der Waals surface area contributed by atoms with Crippen molar-refractivity contribution in [3.63, 3.8) is 0 Å². The van der Waals surface area contributed by atoms with E-state index < -0.39 is 18.0 Å². The maximum absolute atomic E-state index is 13.3. The molecule has 1 aromatic heterocycles. The van der Waals surface area contributed by atoms with Crippen molar-refractivity contribution in [1.29, 1.82) is 5.26 Å². The SMILES string of the molecule is CC(=O)NCN1C[C@H](C)n2nc(-c3ccc(C#N)cc3NC(=O)[C@H]3C[C@H]3F)cc2C1=O. The van der Waals surface area contributed by atoms with Gasteiger partial charge in [-0.25, -0.2) is 4.39 Å². The van der Waals surface area contributed by atoms with E-state index in [9.17, 15) is 24.0 Å². The Kier molecular flexibility index (Phi) is 5.19. The Bertz CT molecular complexity index is 1120. The Hall–Kier alpha value is -3.74. The van der Waals surface area contributed by atoms with E-state index in [1.165, 1.54) is 17.9 Å². The van der Waals surface area contributed by atoms with Crippen LogP contribution >= 0.6 is 0 Å². The standard InChI is InChI=1S/C21H21FN6O3/c1-11-9-27(10-24-12(2)29)21(31)19-7-18(26-28(11)19)14-4-3-13(8-23)5-17(14)25-20(30)15-6-16(15)22/h3-5,7,11,15-16H,6,9-10H2,1-2H3,(H,24,29)(H,25,30)/t11-,15-,16+/m0/s1. The van der Waals surface area contributed by atoms with Crippen LogP contribution in [0.1, 0.15) is 42.4 Å². The lowest BCUT2D eigenvalue weighted by Gasteiger charge is -2.31. The number of hydrogen-bond acceptors (Lipinski definition) is 5. The largest absolute Gasteiger partial charge is 0.339 e. The fraction of sp³-hybridized carbons (Fsp3) is 0.381. The predicted octanol–water partition coefficient (Wildman–Crippen LogP) is 1.83. The van der Waals surface area contributed by atoms with Crippen LogP contribution in [-0.4, -0.2) is 51.8 Å². The van der Waals surface area contributed by atoms with E-state index in [-0.39, 0.29) is 30.9 Å². The van der Waals surface area contributed by atoms with Crippen LogP contribution < -0.4 is 10.6 Å². The van der Waals surface area contributed by atoms with Gasteiger partial charge in [-0.05, 0) is 37.6 Å². The van der Waals surface area contributed by atoms with Crippen molar-refractivity contribution in [2.75, 3.05) is 18.5 Å². The number of alkyl halides is 1. The summed E-state index contributed by atoms with van der Waals surface area (Å²) in [5, 5.41) is 19.1. The second kappa shape index (κ2) is 7.83. The van der Waals surface area contributed by atoms with Crippen LogP contribution in [0.5, 0.6) is 0 Å². The molecule has 1 fully saturated rings. The topological polar surface area (TPSA) is 120 Å². The molecule has 160 valence electrons. The maximum atomic E-state index is 13.3. The molecule has 2 aromatic rings. The summed E-state index contributed by atoms with van der Waals surface area (Å²) >= 11 is 0. The molecular formula is C21H21FN6O3. The molecule has 31 heavy (non-hydrogen) atoms. The number of nitrogens with zero attached hydrogens (tertiary/aromatic N) is 4. The van der Waals surface area contributed by atoms with E-state index in [0.717, 1.165) is 0 Å². The van der Waals surface area contributed by atoms with Crippen molar-refractivity contribution in [1.82, 2.24) is 20.0 Å². The van der Waals surface area contributed by atoms with Gasteiger partial charge in [0.15, 0.2) is 0 Å². The van der Waals surface area contributed by atoms with Crippen molar-refractivity contribution < 1.29 is 18.8 Å². The lowest BCUT2D eigenvalue weighted by Crippen LogP contribution is -2.47. The van der Waals surface area contributed by atoms with Crippen LogP contribution in [0.15, 0.2) is 24.3 Å². The van der Waals surface area contributed by atoms with Crippen LogP contribution in [0, 0.1) is 17.2 Å². The number of carbonyl (C=O) groups is 3. The summed E-state index contributed by atoms with van der Waals surface area (Å²) in [6.45, 7) is 3.77. The minimum absolute atomic E-state index is 0.100. The number of nitrogens with one attached hydrogen (secondary N) is 2. The van der Waals surface area contributed by atoms with Gasteiger partial charge in [-0.2, -0.15) is 10.4 Å². The number of benzene rings is 1. The molecule has 3 amide bonds. The first-order valence-corrected chi connectivity index (χ1v) is 9.91. The number of carbonyl (C=O) groups excluding carboxylic acids is 3. The fourth-order valence-corrected chi connectivity index (χ4v) is 3.61. The first-order chi connectivity index (χ1) is 14.8. The monoisotopic (exact) mass is 424 g/mol. The number of fused-ring (bicyclic) bond motifs is 1. The molecule has 9 nitrogen and oxygen atoms in total. The van der Waals surface area contributed by atoms with Gasteiger partial charge in [0, 0.05) is 19.0 Å². The lowest BCUT2D eigenvalue weighted by molar-refractivity contribution is -0.119. The summed E-state index contributed by atoms with van der Waals surface area (Å²) in [5.74, 6) is -1.64. The van der Waals surface area contributed by atoms with Gasteiger partial charge >= 0.3 is 0 Å². The molecule has 0 bridgehead atoms. The van der Waals surface area contributed by atoms with Gasteiger partial charge in [0.25, 0.3) is 5.91 Å². The van der Waals surface area contributed by atoms with Crippen molar-refractivity contribution >= 4 is 23.4 Å². The number of anilines is 1. The minimum atomic E-state index is -1.14. The minimum Gasteiger partial charge on any atom is -0.339 e. The number of hydrogen-bond donors (Lipinski definition) is 2. The molecule has 1 aliphatic carbocycles. The van der Waals surface area contributed by atoms with Crippen molar-refractivity contribution in [3.8, 4) is 17.3 Å². The van der Waals surface area contributed by atoms with Crippen LogP contribution in [-0.2, 0) is 9.59 Å². The third kappa shape index (κ3) is 3.99. The normalized spacial score (nSPS) is 21.8. The second-order valence-corrected chi connectivity index (χ2v) is 7.85. The lowest BCUT2D eigenvalue weighted by atomic mass is 10.1. The molecule has 2 aliphatic rings. The summed E-state index contributed by atoms with van der Waals surface area (Å²) in [5.41, 5.74) is 2.00. The van der Waals surface area contributed by atoms with Gasteiger partial charge in [0.05, 0.1) is 41.6 Å². The average molecular weight is 424 g/mol. The smallest absolute Gasteiger partial charge is 0.273 e. The van der Waals surface area contributed by atoms with E-state index in [1.54, 1.807) is 22.9 Å². The zero-order valence-corrected chi connectivity index (χ0v) is 17.1. The molecule has 2 heterocycles. The molecule has 0 unspecified atom stereocenters. The zero-order valence-electron chi connectivity index (χ0n) is 17.1. The van der Waals surface area contributed by atoms with Gasteiger partial charge < -0.3 is 15.5 Å². The third-order valence-corrected chi connectivity index (χ3v) is 5.39. The molecule has 1 aliphatic heterocycles. The van der Waals surface area contributed by atoms with Crippen molar-refractivity contribution in [2.45, 2.75) is 32.5 Å². The highest BCUT2D eigenvalue weighted by Gasteiger charge is 2.44. The predicted molar refractivity (Wildman–Crippen MR) is 108 cm³/mol. The molecule has 0 radical (unpaired) electrons. The summed E-state index contributed by atoms with van der Waals surface area (Å²) in [7, 11) is 0. The molecule has 1 saturated carbocycles. The summed E-state index contributed by atoms with van der Waals surface area (Å²) in [6, 6.07) is 8.25. The van der Waals surface area contributed by atoms with Crippen LogP contribution in [0.3, 0.4) is 0 Å². The Labute approximate surface area is 177 Å². The average Bonchev–Trinajstić information content (AvgIpc) is 3.30. The second-order valence-electron chi connectivity index (χ2n) is 7.85. The number of nitriles is 1. The van der Waals surface area contributed by atoms with Gasteiger partial charge in [-0.3, -0.25) is 19.1 Å². The Balaban J connectivity index is 1.67. The Morgan fingerprint density at radius 2 is 2.10 bits per heavy atom. The van der Waals surface area contributed by atoms with Crippen molar-refractivity contribution in [2.24, 2.45) is 5.92 Å². The third-order valence-electron chi connectivity index (χ3n) is 5.39. The number of aromatic nitrogens is 2. The van der Waals surface area contributed by atoms with Gasteiger partial charge in [-0.1, -0.05) is 0 Å². The Morgan fingerprint density at radius 3 is 2.74 bits per heavy atom. The summed E-state index contributed by atoms with van der Waals surface area (Å²) < 4.78 is 14.9. The van der Waals surface area contributed by atoms with Crippen LogP contribution in [0.4, 0.5) is 10.1 Å². The van der Waals surface area contributed by atoms with E-state index in [1.807, 2.05) is 13.0 Å². The number of halogens is 1. The molecular weight excluding hydrogens is 403 g/mol. The highest BCUT2D eigenvalue weighted by molar-refractivity contribution is 5.99. The summed E-state index contributed by atoms with van der Waals surface area (Å²) in [4.78, 5) is 37.9. The van der Waals surface area contributed by atoms with Crippen LogP contribution in [0.2, 0.25) is 0 Å². The number of amides is 3. The van der Waals surface area contributed by atoms with Gasteiger partial charge in [0.2, 0.25) is 11.8 Å². The first-order valence-electron chi connectivity index (χ1n) is 9.91. The first kappa shape index (κ1) is 20.5. The molecule has 10 heteroatoms. The van der Waals surface area contributed by atoms with E-state index in [0.29, 0.717) is 34.7 Å². The summed E-state index contributed by atoms with van der Waals surface area (Å²) in [6.07, 6.45) is -0.954. The molecule has 0 spiro atoms. The van der Waals surface area contributed by atoms with Gasteiger partial charge in [0.1, 0.15) is 11.9 Å². The van der Waals surface area contributed by atoms with Crippen molar-refractivity contribution in [3.05, 3.63) is 35.5 Å². The molecule has 0 saturated heterocycles. The van der Waals surface area contributed by atoms with Crippen LogP contribution in [0.25, 0.3) is 11.3 Å². The zero-order chi connectivity index (χ0) is 22.3. The highest BCUT2D eigenvalue weighted by atomic mass is 19.1. The highest BCUT2D eigenvalue weighted by Crippen LogP contribution is 2.37. The van der Waals surface area contributed by atoms with Gasteiger partial charge in [-0.15, -0.1) is 0 Å². The quantitative estimate of drug-likeness (QED) is 0.759. The van der Waals surface area contributed by atoms with E-state index in [4.69, 9.17) is 0 Å².